The zero-order chi connectivity index (χ0) is 52.9. The summed E-state index contributed by atoms with van der Waals surface area (Å²) < 4.78 is 403. The van der Waals surface area contributed by atoms with E-state index in [2.05, 4.69) is 73.7 Å². The molecule has 3 aromatic heterocycles. The fourth-order valence-electron chi connectivity index (χ4n) is 6.00. The van der Waals surface area contributed by atoms with E-state index in [9.17, 15) is 87.8 Å². The molecule has 4 nitrogen and oxygen atoms in total. The average molecular weight is 1300 g/mol. The van der Waals surface area contributed by atoms with Gasteiger partial charge in [-0.1, -0.05) is 0 Å². The van der Waals surface area contributed by atoms with Crippen molar-refractivity contribution < 1.29 is 123 Å². The first-order valence-electron chi connectivity index (χ1n) is 16.3. The minimum absolute atomic E-state index is 0.518. The fraction of sp³-hybridized carbons (Fsp3) is 0.375. The van der Waals surface area contributed by atoms with Crippen molar-refractivity contribution in [2.45, 2.75) is 72.1 Å². The highest BCUT2D eigenvalue weighted by atomic mass is 79.9. The van der Waals surface area contributed by atoms with Crippen LogP contribution in [0.4, 0.5) is 123 Å². The third-order valence-corrected chi connectivity index (χ3v) is 13.6. The highest BCUT2D eigenvalue weighted by molar-refractivity contribution is 9.13. The van der Waals surface area contributed by atoms with Gasteiger partial charge in [-0.05, 0) is 88.0 Å². The van der Waals surface area contributed by atoms with Crippen LogP contribution in [0.1, 0.15) is 45.0 Å². The summed E-state index contributed by atoms with van der Waals surface area (Å²) in [4.78, 5) is 7.44. The Morgan fingerprint density at radius 1 is 0.279 bits per heavy atom. The first-order valence-corrected chi connectivity index (χ1v) is 19.4. The van der Waals surface area contributed by atoms with Crippen LogP contribution < -0.4 is 0 Å². The Balaban J connectivity index is 2.36. The van der Waals surface area contributed by atoms with Gasteiger partial charge >= 0.3 is 72.1 Å². The Bertz CT molecular complexity index is 2440. The van der Waals surface area contributed by atoms with Gasteiger partial charge in [0.05, 0.1) is 85.0 Å². The number of aromatic nitrogens is 4. The minimum Gasteiger partial charge on any atom is -0.353 e. The van der Waals surface area contributed by atoms with Gasteiger partial charge in [0.1, 0.15) is 0 Å². The smallest absolute Gasteiger partial charge is 0.353 e. The van der Waals surface area contributed by atoms with Crippen molar-refractivity contribution in [3.8, 4) is 0 Å². The van der Waals surface area contributed by atoms with Gasteiger partial charge in [0.2, 0.25) is 0 Å². The summed E-state index contributed by atoms with van der Waals surface area (Å²) in [5.41, 5.74) is -32.6. The molecule has 0 fully saturated rings. The standard InChI is InChI=1S/C32H6Br4F28N4/c33-13-14(34)19-11(23(41,42)27(49,50)31(59,60)61)7-3-4-8(66-7)12(24(43,44)28(51,52)32(62,63)64)20-16(36)15(35)18(68-20)10(22(39,40)26(47,48)30(56,57)58)6-2-1-5(65-6)9(17(13)67-19)21(37,38)25(45,46)29(53,54)55/h1-4,67-68H. The molecule has 8 bridgehead atoms. The van der Waals surface area contributed by atoms with Crippen LogP contribution in [-0.4, -0.2) is 68.3 Å². The van der Waals surface area contributed by atoms with Crippen LogP contribution in [0.15, 0.2) is 17.9 Å². The molecule has 3 aromatic rings. The topological polar surface area (TPSA) is 57.4 Å². The van der Waals surface area contributed by atoms with Crippen molar-refractivity contribution in [1.82, 2.24) is 19.9 Å². The lowest BCUT2D eigenvalue weighted by atomic mass is 9.99. The number of halogens is 32. The summed E-state index contributed by atoms with van der Waals surface area (Å²) >= 11 is 8.52. The molecular weight excluding hydrogens is 1290 g/mol. The number of fused-ring (bicyclic) bond motifs is 8. The molecule has 0 atom stereocenters. The molecule has 0 aromatic carbocycles. The van der Waals surface area contributed by atoms with Crippen molar-refractivity contribution in [1.29, 1.82) is 0 Å². The van der Waals surface area contributed by atoms with Crippen LogP contribution >= 0.6 is 63.7 Å². The zero-order valence-corrected chi connectivity index (χ0v) is 36.6. The molecule has 68 heavy (non-hydrogen) atoms. The normalized spacial score (nSPS) is 15.5. The molecule has 378 valence electrons. The molecule has 0 unspecified atom stereocenters. The molecule has 2 N–H and O–H groups in total. The maximum absolute atomic E-state index is 16.0. The average Bonchev–Trinajstić information content (AvgIpc) is 3.93. The largest absolute Gasteiger partial charge is 0.460 e. The van der Waals surface area contributed by atoms with Gasteiger partial charge in [0, 0.05) is 0 Å². The van der Waals surface area contributed by atoms with E-state index in [1.165, 1.54) is 0 Å². The van der Waals surface area contributed by atoms with Crippen molar-refractivity contribution >= 4 is 110 Å². The third kappa shape index (κ3) is 7.78. The van der Waals surface area contributed by atoms with E-state index in [1.807, 2.05) is 0 Å². The van der Waals surface area contributed by atoms with Gasteiger partial charge in [-0.3, -0.25) is 0 Å². The summed E-state index contributed by atoms with van der Waals surface area (Å²) in [6.07, 6.45) is -32.1. The number of alkyl halides is 28. The number of rotatable bonds is 8. The number of hydrogen-bond acceptors (Lipinski definition) is 2. The van der Waals surface area contributed by atoms with Gasteiger partial charge in [0.15, 0.2) is 0 Å². The number of nitrogens with one attached hydrogen (secondary N) is 2. The van der Waals surface area contributed by atoms with Crippen molar-refractivity contribution in [3.63, 3.8) is 0 Å². The van der Waals surface area contributed by atoms with Crippen LogP contribution in [0.3, 0.4) is 0 Å². The lowest BCUT2D eigenvalue weighted by Crippen LogP contribution is -2.50. The monoisotopic (exact) mass is 1290 g/mol. The Morgan fingerprint density at radius 3 is 0.559 bits per heavy atom. The summed E-state index contributed by atoms with van der Waals surface area (Å²) in [7, 11) is 0. The predicted octanol–water partition coefficient (Wildman–Crippen LogP) is 16.9. The van der Waals surface area contributed by atoms with Crippen LogP contribution in [0.2, 0.25) is 0 Å². The number of H-pyrrole nitrogens is 2. The minimum atomic E-state index is -7.58. The molecule has 2 aliphatic rings. The maximum Gasteiger partial charge on any atom is 0.460 e. The molecular formula is C32H6Br4F28N4. The molecule has 2 aliphatic heterocycles. The van der Waals surface area contributed by atoms with Gasteiger partial charge in [-0.25, -0.2) is 9.97 Å². The molecule has 5 heterocycles. The number of nitrogens with zero attached hydrogens (tertiary/aromatic N) is 2. The van der Waals surface area contributed by atoms with E-state index < -0.39 is 181 Å². The van der Waals surface area contributed by atoms with Gasteiger partial charge in [-0.15, -0.1) is 0 Å². The third-order valence-electron chi connectivity index (χ3n) is 9.33. The summed E-state index contributed by atoms with van der Waals surface area (Å²) in [5.74, 6) is -58.8. The second-order valence-electron chi connectivity index (χ2n) is 13.5. The van der Waals surface area contributed by atoms with E-state index in [0.717, 1.165) is 9.97 Å². The zero-order valence-electron chi connectivity index (χ0n) is 30.3. The second kappa shape index (κ2) is 16.0. The van der Waals surface area contributed by atoms with E-state index in [-0.39, 0.29) is 0 Å². The molecule has 0 spiro atoms. The van der Waals surface area contributed by atoms with E-state index >= 15 is 35.1 Å². The first kappa shape index (κ1) is 55.5. The highest BCUT2D eigenvalue weighted by Gasteiger charge is 2.78. The van der Waals surface area contributed by atoms with E-state index in [4.69, 9.17) is 0 Å². The van der Waals surface area contributed by atoms with Crippen LogP contribution in [0.5, 0.6) is 0 Å². The molecule has 0 saturated carbocycles. The van der Waals surface area contributed by atoms with Gasteiger partial charge in [-0.2, -0.15) is 123 Å². The summed E-state index contributed by atoms with van der Waals surface area (Å²) in [6.45, 7) is 0. The molecule has 0 aliphatic carbocycles. The van der Waals surface area contributed by atoms with Crippen molar-refractivity contribution in [2.75, 3.05) is 0 Å². The molecule has 0 saturated heterocycles. The Labute approximate surface area is 386 Å². The van der Waals surface area contributed by atoms with Gasteiger partial charge in [0.25, 0.3) is 0 Å². The highest BCUT2D eigenvalue weighted by Crippen LogP contribution is 2.60. The quantitative estimate of drug-likeness (QED) is 0.152. The van der Waals surface area contributed by atoms with Crippen LogP contribution in [-0.2, 0) is 23.7 Å². The van der Waals surface area contributed by atoms with Gasteiger partial charge < -0.3 is 9.97 Å². The first-order chi connectivity index (χ1) is 30.0. The van der Waals surface area contributed by atoms with Crippen LogP contribution in [0, 0.1) is 0 Å². The number of aromatic amines is 2. The van der Waals surface area contributed by atoms with E-state index in [0.29, 0.717) is 0 Å². The fourth-order valence-corrected chi connectivity index (χ4v) is 7.98. The predicted molar refractivity (Wildman–Crippen MR) is 189 cm³/mol. The lowest BCUT2D eigenvalue weighted by molar-refractivity contribution is -0.359. The van der Waals surface area contributed by atoms with Crippen molar-refractivity contribution in [2.24, 2.45) is 0 Å². The molecule has 5 rings (SSSR count). The lowest BCUT2D eigenvalue weighted by Gasteiger charge is -2.29. The maximum atomic E-state index is 16.0. The second-order valence-corrected chi connectivity index (χ2v) is 16.7. The van der Waals surface area contributed by atoms with Crippen molar-refractivity contribution in [3.05, 3.63) is 62.9 Å². The molecule has 0 amide bonds. The Hall–Kier alpha value is -3.44. The number of hydrogen-bond donors (Lipinski definition) is 2. The summed E-state index contributed by atoms with van der Waals surface area (Å²) in [5, 5.41) is 0. The molecule has 36 heteroatoms. The van der Waals surface area contributed by atoms with Crippen LogP contribution in [0.25, 0.3) is 46.4 Å². The summed E-state index contributed by atoms with van der Waals surface area (Å²) in [6, 6.07) is 0. The molecule has 0 radical (unpaired) electrons. The Kier molecular flexibility index (Phi) is 13.1. The Morgan fingerprint density at radius 2 is 0.426 bits per heavy atom. The SMILES string of the molecule is FC(F)(F)C(F)(F)C(F)(F)c1c2nc(c(C(F)(F)C(F)(F)C(F)(F)F)c3[nH]c(c(Br)c3Br)c(C(F)(F)C(F)(F)C(F)(F)F)c3nc(c(C(F)(F)C(F)(F)C(F)(F)F)c4[nH]c1c(Br)c4Br)C=C3)C=C2. The van der Waals surface area contributed by atoms with E-state index in [1.54, 1.807) is 0 Å².